The van der Waals surface area contributed by atoms with Crippen LogP contribution in [0.25, 0.3) is 0 Å². The summed E-state index contributed by atoms with van der Waals surface area (Å²) in [5.74, 6) is 1.27. The van der Waals surface area contributed by atoms with Crippen molar-refractivity contribution in [3.8, 4) is 17.2 Å². The number of amides is 1. The van der Waals surface area contributed by atoms with Crippen molar-refractivity contribution in [3.63, 3.8) is 0 Å². The molecule has 5 rings (SSSR count). The number of nitrogens with one attached hydrogen (secondary N) is 1. The molecule has 0 radical (unpaired) electrons. The Morgan fingerprint density at radius 1 is 1.21 bits per heavy atom. The largest absolute Gasteiger partial charge is 0.482 e. The van der Waals surface area contributed by atoms with E-state index >= 15 is 0 Å². The molecular weight excluding hydrogens is 358 g/mol. The van der Waals surface area contributed by atoms with Crippen molar-refractivity contribution >= 4 is 17.6 Å². The number of ether oxygens (including phenoxy) is 2. The molecule has 2 aromatic rings. The van der Waals surface area contributed by atoms with Crippen molar-refractivity contribution in [2.24, 2.45) is 0 Å². The highest BCUT2D eigenvalue weighted by Gasteiger charge is 2.51. The summed E-state index contributed by atoms with van der Waals surface area (Å²) in [5.41, 5.74) is 4.57. The van der Waals surface area contributed by atoms with E-state index in [1.54, 1.807) is 0 Å². The summed E-state index contributed by atoms with van der Waals surface area (Å²) >= 11 is 0. The zero-order chi connectivity index (χ0) is 19.5. The number of anilines is 1. The average Bonchev–Trinajstić information content (AvgIpc) is 2.88. The third kappa shape index (κ3) is 2.40. The van der Waals surface area contributed by atoms with Crippen molar-refractivity contribution in [1.82, 2.24) is 0 Å². The lowest BCUT2D eigenvalue weighted by Gasteiger charge is -2.36. The minimum absolute atomic E-state index is 0.103. The highest BCUT2D eigenvalue weighted by Crippen LogP contribution is 2.52. The van der Waals surface area contributed by atoms with E-state index in [0.29, 0.717) is 5.75 Å². The number of aryl methyl sites for hydroxylation is 1. The lowest BCUT2D eigenvalue weighted by atomic mass is 9.65. The van der Waals surface area contributed by atoms with Crippen LogP contribution in [0.1, 0.15) is 41.5 Å². The van der Waals surface area contributed by atoms with E-state index in [1.807, 2.05) is 31.2 Å². The molecule has 1 saturated carbocycles. The number of rotatable bonds is 5. The second-order valence-electron chi connectivity index (χ2n) is 7.86. The molecule has 0 saturated heterocycles. The minimum atomic E-state index is -0.989. The monoisotopic (exact) mass is 379 g/mol. The zero-order valence-corrected chi connectivity index (χ0v) is 15.6. The second kappa shape index (κ2) is 5.99. The van der Waals surface area contributed by atoms with E-state index < -0.39 is 5.97 Å². The number of carbonyl (C=O) groups is 2. The predicted molar refractivity (Wildman–Crippen MR) is 102 cm³/mol. The van der Waals surface area contributed by atoms with Gasteiger partial charge in [-0.3, -0.25) is 4.79 Å². The van der Waals surface area contributed by atoms with Crippen LogP contribution in [0.15, 0.2) is 24.3 Å². The first-order chi connectivity index (χ1) is 13.5. The summed E-state index contributed by atoms with van der Waals surface area (Å²) in [7, 11) is 0. The molecule has 28 heavy (non-hydrogen) atoms. The van der Waals surface area contributed by atoms with Crippen LogP contribution in [-0.2, 0) is 27.8 Å². The zero-order valence-electron chi connectivity index (χ0n) is 15.6. The smallest absolute Gasteiger partial charge is 0.341 e. The first-order valence-corrected chi connectivity index (χ1v) is 9.62. The van der Waals surface area contributed by atoms with Crippen LogP contribution < -0.4 is 14.8 Å². The average molecular weight is 379 g/mol. The van der Waals surface area contributed by atoms with E-state index in [4.69, 9.17) is 14.6 Å². The standard InChI is InChI=1S/C22H21NO5/c1-12-9-18(27-11-19(24)25)14-4-5-15(14)20(12)28-13-3-6-17-16(10-13)22(7-2-8-22)21(26)23-17/h3,6,9-10H,2,4-5,7-8,11H2,1H3,(H,23,26)(H,24,25). The van der Waals surface area contributed by atoms with Gasteiger partial charge in [0, 0.05) is 16.8 Å². The molecule has 144 valence electrons. The Morgan fingerprint density at radius 3 is 2.64 bits per heavy atom. The maximum atomic E-state index is 12.4. The summed E-state index contributed by atoms with van der Waals surface area (Å²) in [6.45, 7) is 1.59. The van der Waals surface area contributed by atoms with Gasteiger partial charge in [-0.2, -0.15) is 0 Å². The van der Waals surface area contributed by atoms with Gasteiger partial charge in [-0.25, -0.2) is 4.79 Å². The Balaban J connectivity index is 1.46. The van der Waals surface area contributed by atoms with Crippen LogP contribution in [0.3, 0.4) is 0 Å². The Labute approximate surface area is 162 Å². The fraction of sp³-hybridized carbons (Fsp3) is 0.364. The summed E-state index contributed by atoms with van der Waals surface area (Å²) < 4.78 is 11.7. The number of hydrogen-bond acceptors (Lipinski definition) is 4. The van der Waals surface area contributed by atoms with Crippen LogP contribution >= 0.6 is 0 Å². The molecule has 0 atom stereocenters. The van der Waals surface area contributed by atoms with Crippen LogP contribution in [-0.4, -0.2) is 23.6 Å². The third-order valence-corrected chi connectivity index (χ3v) is 6.23. The van der Waals surface area contributed by atoms with Crippen LogP contribution in [0.2, 0.25) is 0 Å². The molecule has 6 nitrogen and oxygen atoms in total. The van der Waals surface area contributed by atoms with Crippen LogP contribution in [0.5, 0.6) is 17.2 Å². The maximum Gasteiger partial charge on any atom is 0.341 e. The van der Waals surface area contributed by atoms with Crippen molar-refractivity contribution in [2.75, 3.05) is 11.9 Å². The number of carboxylic acid groups (broad SMARTS) is 1. The third-order valence-electron chi connectivity index (χ3n) is 6.23. The lowest BCUT2D eigenvalue weighted by Crippen LogP contribution is -2.40. The second-order valence-corrected chi connectivity index (χ2v) is 7.86. The van der Waals surface area contributed by atoms with Gasteiger partial charge in [-0.1, -0.05) is 6.42 Å². The molecule has 1 amide bonds. The van der Waals surface area contributed by atoms with Crippen molar-refractivity contribution in [3.05, 3.63) is 46.5 Å². The molecule has 0 bridgehead atoms. The Morgan fingerprint density at radius 2 is 2.00 bits per heavy atom. The van der Waals surface area contributed by atoms with E-state index in [-0.39, 0.29) is 17.9 Å². The molecule has 1 heterocycles. The molecule has 6 heteroatoms. The first kappa shape index (κ1) is 17.1. The molecule has 1 aliphatic heterocycles. The predicted octanol–water partition coefficient (Wildman–Crippen LogP) is 3.72. The quantitative estimate of drug-likeness (QED) is 0.827. The molecule has 1 fully saturated rings. The Kier molecular flexibility index (Phi) is 3.66. The van der Waals surface area contributed by atoms with Crippen molar-refractivity contribution in [2.45, 2.75) is 44.4 Å². The normalized spacial score (nSPS) is 17.8. The Hall–Kier alpha value is -3.02. The fourth-order valence-electron chi connectivity index (χ4n) is 4.50. The number of carbonyl (C=O) groups excluding carboxylic acids is 1. The van der Waals surface area contributed by atoms with E-state index in [0.717, 1.165) is 71.5 Å². The van der Waals surface area contributed by atoms with E-state index in [9.17, 15) is 9.59 Å². The van der Waals surface area contributed by atoms with E-state index in [1.165, 1.54) is 0 Å². The number of hydrogen-bond donors (Lipinski definition) is 2. The minimum Gasteiger partial charge on any atom is -0.482 e. The molecule has 2 N–H and O–H groups in total. The van der Waals surface area contributed by atoms with Gasteiger partial charge in [0.05, 0.1) is 5.41 Å². The first-order valence-electron chi connectivity index (χ1n) is 9.62. The highest BCUT2D eigenvalue weighted by atomic mass is 16.5. The van der Waals surface area contributed by atoms with Gasteiger partial charge in [0.1, 0.15) is 17.2 Å². The Bertz CT molecular complexity index is 1020. The number of benzene rings is 2. The van der Waals surface area contributed by atoms with Crippen LogP contribution in [0.4, 0.5) is 5.69 Å². The van der Waals surface area contributed by atoms with Gasteiger partial charge in [0.25, 0.3) is 0 Å². The van der Waals surface area contributed by atoms with Crippen molar-refractivity contribution < 1.29 is 24.2 Å². The number of carboxylic acids is 1. The molecule has 0 unspecified atom stereocenters. The molecule has 3 aliphatic rings. The fourth-order valence-corrected chi connectivity index (χ4v) is 4.50. The highest BCUT2D eigenvalue weighted by molar-refractivity contribution is 6.07. The molecule has 1 spiro atoms. The van der Waals surface area contributed by atoms with Gasteiger partial charge >= 0.3 is 5.97 Å². The van der Waals surface area contributed by atoms with Gasteiger partial charge in [-0.05, 0) is 68.0 Å². The van der Waals surface area contributed by atoms with Crippen molar-refractivity contribution in [1.29, 1.82) is 0 Å². The van der Waals surface area contributed by atoms with Gasteiger partial charge in [0.15, 0.2) is 6.61 Å². The topological polar surface area (TPSA) is 84.9 Å². The van der Waals surface area contributed by atoms with Gasteiger partial charge in [0.2, 0.25) is 5.91 Å². The summed E-state index contributed by atoms with van der Waals surface area (Å²) in [6, 6.07) is 7.64. The molecule has 2 aromatic carbocycles. The number of aliphatic carboxylic acids is 1. The molecule has 0 aromatic heterocycles. The molecule has 2 aliphatic carbocycles. The summed E-state index contributed by atoms with van der Waals surface area (Å²) in [4.78, 5) is 23.2. The SMILES string of the molecule is Cc1cc(OCC(=O)O)c2c(c1Oc1ccc3c(c1)C1(CCC1)C(=O)N3)CC2. The molecular formula is C22H21NO5. The number of fused-ring (bicyclic) bond motifs is 3. The summed E-state index contributed by atoms with van der Waals surface area (Å²) in [5, 5.41) is 11.9. The maximum absolute atomic E-state index is 12.4. The van der Waals surface area contributed by atoms with Crippen LogP contribution in [0, 0.1) is 6.92 Å². The van der Waals surface area contributed by atoms with Gasteiger partial charge < -0.3 is 19.9 Å². The lowest BCUT2D eigenvalue weighted by molar-refractivity contribution is -0.139. The summed E-state index contributed by atoms with van der Waals surface area (Å²) in [6.07, 6.45) is 4.58. The van der Waals surface area contributed by atoms with Gasteiger partial charge in [-0.15, -0.1) is 0 Å². The van der Waals surface area contributed by atoms with E-state index in [2.05, 4.69) is 5.32 Å².